The molecule has 2 rings (SSSR count). The van der Waals surface area contributed by atoms with Crippen LogP contribution in [-0.2, 0) is 0 Å². The number of aliphatic hydroxyl groups is 1. The summed E-state index contributed by atoms with van der Waals surface area (Å²) in [6, 6.07) is 3.64. The molecule has 1 heterocycles. The summed E-state index contributed by atoms with van der Waals surface area (Å²) in [5.74, 6) is 0. The fraction of sp³-hybridized carbons (Fsp3) is 0.588. The molecule has 0 aromatic heterocycles. The van der Waals surface area contributed by atoms with Crippen molar-refractivity contribution in [2.45, 2.75) is 40.0 Å². The van der Waals surface area contributed by atoms with Crippen LogP contribution < -0.4 is 5.32 Å². The van der Waals surface area contributed by atoms with Gasteiger partial charge >= 0.3 is 6.03 Å². The maximum atomic E-state index is 12.5. The number of aliphatic hydroxyl groups excluding tert-OH is 1. The van der Waals surface area contributed by atoms with Crippen molar-refractivity contribution in [1.29, 1.82) is 0 Å². The molecule has 4 nitrogen and oxygen atoms in total. The Bertz CT molecular complexity index is 523. The number of aryl methyl sites for hydroxylation is 2. The van der Waals surface area contributed by atoms with E-state index >= 15 is 0 Å². The Kier molecular flexibility index (Phi) is 5.35. The van der Waals surface area contributed by atoms with Crippen LogP contribution in [-0.4, -0.2) is 35.7 Å². The Morgan fingerprint density at radius 3 is 2.32 bits per heavy atom. The molecule has 0 atom stereocenters. The lowest BCUT2D eigenvalue weighted by molar-refractivity contribution is 0.0542. The third-order valence-corrected chi connectivity index (χ3v) is 5.14. The number of benzene rings is 1. The molecule has 1 aliphatic heterocycles. The van der Waals surface area contributed by atoms with Gasteiger partial charge in [-0.15, -0.1) is 0 Å². The van der Waals surface area contributed by atoms with Crippen LogP contribution in [0.2, 0.25) is 5.02 Å². The maximum absolute atomic E-state index is 12.5. The smallest absolute Gasteiger partial charge is 0.321 e. The highest BCUT2D eigenvalue weighted by atomic mass is 35.5. The monoisotopic (exact) mass is 324 g/mol. The maximum Gasteiger partial charge on any atom is 0.321 e. The number of likely N-dealkylation sites (tertiary alicyclic amines) is 1. The molecule has 0 spiro atoms. The van der Waals surface area contributed by atoms with Gasteiger partial charge in [-0.05, 0) is 61.8 Å². The minimum Gasteiger partial charge on any atom is -0.396 e. The lowest BCUT2D eigenvalue weighted by Crippen LogP contribution is -2.46. The molecular formula is C17H25ClN2O2. The normalized spacial score (nSPS) is 17.4. The number of carbonyl (C=O) groups is 1. The number of anilines is 1. The van der Waals surface area contributed by atoms with Gasteiger partial charge in [-0.1, -0.05) is 18.5 Å². The summed E-state index contributed by atoms with van der Waals surface area (Å²) in [5.41, 5.74) is 2.76. The second-order valence-electron chi connectivity index (χ2n) is 6.34. The van der Waals surface area contributed by atoms with Crippen LogP contribution in [0.5, 0.6) is 0 Å². The molecule has 0 unspecified atom stereocenters. The Balaban J connectivity index is 2.03. The first kappa shape index (κ1) is 17.1. The van der Waals surface area contributed by atoms with E-state index < -0.39 is 0 Å². The Hall–Kier alpha value is -1.26. The number of hydrogen-bond acceptors (Lipinski definition) is 2. The largest absolute Gasteiger partial charge is 0.396 e. The number of carbonyl (C=O) groups excluding carboxylic acids is 1. The molecule has 2 N–H and O–H groups in total. The zero-order chi connectivity index (χ0) is 16.3. The first-order valence-electron chi connectivity index (χ1n) is 7.84. The topological polar surface area (TPSA) is 52.6 Å². The summed E-state index contributed by atoms with van der Waals surface area (Å²) in [4.78, 5) is 14.3. The van der Waals surface area contributed by atoms with Crippen molar-refractivity contribution in [3.63, 3.8) is 0 Å². The number of nitrogens with one attached hydrogen (secondary N) is 1. The van der Waals surface area contributed by atoms with E-state index in [1.54, 1.807) is 0 Å². The van der Waals surface area contributed by atoms with Crippen molar-refractivity contribution < 1.29 is 9.90 Å². The van der Waals surface area contributed by atoms with Gasteiger partial charge in [-0.2, -0.15) is 0 Å². The van der Waals surface area contributed by atoms with Crippen molar-refractivity contribution >= 4 is 23.3 Å². The summed E-state index contributed by atoms with van der Waals surface area (Å²) >= 11 is 6.02. The van der Waals surface area contributed by atoms with E-state index in [0.717, 1.165) is 36.1 Å². The Labute approximate surface area is 137 Å². The molecule has 0 radical (unpaired) electrons. The number of urea groups is 1. The van der Waals surface area contributed by atoms with Crippen LogP contribution in [0.15, 0.2) is 12.1 Å². The molecule has 0 saturated carbocycles. The van der Waals surface area contributed by atoms with Gasteiger partial charge in [0.1, 0.15) is 0 Å². The quantitative estimate of drug-likeness (QED) is 0.883. The fourth-order valence-corrected chi connectivity index (χ4v) is 3.43. The van der Waals surface area contributed by atoms with Crippen molar-refractivity contribution in [3.8, 4) is 0 Å². The number of amides is 2. The average Bonchev–Trinajstić information content (AvgIpc) is 2.50. The standard InChI is InChI=1S/C17H25ClN2O2/c1-4-17(11-21)5-7-20(8-6-17)16(22)19-15-12(2)9-14(18)10-13(15)3/h9-10,21H,4-8,11H2,1-3H3,(H,19,22). The first-order valence-corrected chi connectivity index (χ1v) is 8.22. The SMILES string of the molecule is CCC1(CO)CCN(C(=O)Nc2c(C)cc(Cl)cc2C)CC1. The summed E-state index contributed by atoms with van der Waals surface area (Å²) in [5, 5.41) is 13.3. The molecule has 0 bridgehead atoms. The van der Waals surface area contributed by atoms with Crippen LogP contribution in [0.3, 0.4) is 0 Å². The highest BCUT2D eigenvalue weighted by Crippen LogP contribution is 2.34. The third kappa shape index (κ3) is 3.55. The third-order valence-electron chi connectivity index (χ3n) is 4.93. The van der Waals surface area contributed by atoms with Gasteiger partial charge in [0.25, 0.3) is 0 Å². The van der Waals surface area contributed by atoms with Crippen LogP contribution >= 0.6 is 11.6 Å². The molecule has 0 aliphatic carbocycles. The van der Waals surface area contributed by atoms with E-state index in [2.05, 4.69) is 12.2 Å². The molecule has 2 amide bonds. The van der Waals surface area contributed by atoms with Gasteiger partial charge in [0.15, 0.2) is 0 Å². The molecule has 1 aliphatic rings. The molecule has 1 saturated heterocycles. The molecule has 1 aromatic carbocycles. The molecule has 1 aromatic rings. The number of nitrogens with zero attached hydrogens (tertiary/aromatic N) is 1. The second-order valence-corrected chi connectivity index (χ2v) is 6.78. The predicted octanol–water partition coefficient (Wildman–Crippen LogP) is 3.97. The van der Waals surface area contributed by atoms with Gasteiger partial charge in [0, 0.05) is 30.4 Å². The lowest BCUT2D eigenvalue weighted by Gasteiger charge is -2.40. The number of hydrogen-bond donors (Lipinski definition) is 2. The summed E-state index contributed by atoms with van der Waals surface area (Å²) in [6.45, 7) is 7.57. The Morgan fingerprint density at radius 2 is 1.86 bits per heavy atom. The van der Waals surface area contributed by atoms with E-state index in [9.17, 15) is 9.90 Å². The van der Waals surface area contributed by atoms with Gasteiger partial charge in [0.05, 0.1) is 0 Å². The van der Waals surface area contributed by atoms with Gasteiger partial charge in [-0.25, -0.2) is 4.79 Å². The summed E-state index contributed by atoms with van der Waals surface area (Å²) in [6.07, 6.45) is 2.66. The van der Waals surface area contributed by atoms with E-state index in [1.165, 1.54) is 0 Å². The highest BCUT2D eigenvalue weighted by Gasteiger charge is 2.34. The first-order chi connectivity index (χ1) is 10.4. The van der Waals surface area contributed by atoms with Crippen LogP contribution in [0, 0.1) is 19.3 Å². The molecule has 22 heavy (non-hydrogen) atoms. The lowest BCUT2D eigenvalue weighted by atomic mass is 9.77. The van der Waals surface area contributed by atoms with E-state index in [1.807, 2.05) is 30.9 Å². The number of halogens is 1. The van der Waals surface area contributed by atoms with Crippen molar-refractivity contribution in [3.05, 3.63) is 28.3 Å². The van der Waals surface area contributed by atoms with E-state index in [4.69, 9.17) is 11.6 Å². The zero-order valence-electron chi connectivity index (χ0n) is 13.6. The van der Waals surface area contributed by atoms with Crippen LogP contribution in [0.1, 0.15) is 37.3 Å². The minimum absolute atomic E-state index is 0.0110. The summed E-state index contributed by atoms with van der Waals surface area (Å²) < 4.78 is 0. The Morgan fingerprint density at radius 1 is 1.32 bits per heavy atom. The van der Waals surface area contributed by atoms with Crippen molar-refractivity contribution in [2.75, 3.05) is 25.0 Å². The van der Waals surface area contributed by atoms with Crippen LogP contribution in [0.4, 0.5) is 10.5 Å². The second kappa shape index (κ2) is 6.88. The molecule has 122 valence electrons. The van der Waals surface area contributed by atoms with E-state index in [-0.39, 0.29) is 18.1 Å². The number of piperidine rings is 1. The number of rotatable bonds is 3. The average molecular weight is 325 g/mol. The van der Waals surface area contributed by atoms with Crippen molar-refractivity contribution in [2.24, 2.45) is 5.41 Å². The predicted molar refractivity (Wildman–Crippen MR) is 90.6 cm³/mol. The zero-order valence-corrected chi connectivity index (χ0v) is 14.3. The van der Waals surface area contributed by atoms with E-state index in [0.29, 0.717) is 18.1 Å². The van der Waals surface area contributed by atoms with Gasteiger partial charge in [-0.3, -0.25) is 0 Å². The molecule has 5 heteroatoms. The summed E-state index contributed by atoms with van der Waals surface area (Å²) in [7, 11) is 0. The fourth-order valence-electron chi connectivity index (χ4n) is 3.10. The molecular weight excluding hydrogens is 300 g/mol. The van der Waals surface area contributed by atoms with Crippen molar-refractivity contribution in [1.82, 2.24) is 4.90 Å². The van der Waals surface area contributed by atoms with Crippen LogP contribution in [0.25, 0.3) is 0 Å². The highest BCUT2D eigenvalue weighted by molar-refractivity contribution is 6.30. The van der Waals surface area contributed by atoms with Gasteiger partial charge in [0.2, 0.25) is 0 Å². The molecule has 1 fully saturated rings. The van der Waals surface area contributed by atoms with Gasteiger partial charge < -0.3 is 15.3 Å². The minimum atomic E-state index is -0.0730.